The molecule has 1 amide bonds. The third kappa shape index (κ3) is 4.86. The molecular weight excluding hydrogens is 468 g/mol. The minimum Gasteiger partial charge on any atom is -0.351 e. The standard InChI is InChI=1S/C23H24N8O5/c1-28-19-18(21(33)29(2)23(28)34)30(14-15-6-4-3-5-7-15)22(26-19)27-25-13-12-24-20(32)16-8-10-17(11-9-16)31(35)36/h3-11,25H,12-14H2,1-2H3,(H,24,32)(H,26,27). The third-order valence-corrected chi connectivity index (χ3v) is 5.61. The van der Waals surface area contributed by atoms with Crippen LogP contribution in [0.25, 0.3) is 11.2 Å². The number of hydrazine groups is 1. The number of hydrogen-bond donors (Lipinski definition) is 3. The van der Waals surface area contributed by atoms with Crippen LogP contribution in [0.15, 0.2) is 64.2 Å². The van der Waals surface area contributed by atoms with Gasteiger partial charge in [0.05, 0.1) is 11.5 Å². The minimum atomic E-state index is -0.532. The van der Waals surface area contributed by atoms with Gasteiger partial charge in [0.2, 0.25) is 5.95 Å². The Morgan fingerprint density at radius 2 is 1.69 bits per heavy atom. The van der Waals surface area contributed by atoms with Crippen LogP contribution >= 0.6 is 0 Å². The zero-order chi connectivity index (χ0) is 25.8. The molecule has 0 bridgehead atoms. The number of non-ortho nitro benzene ring substituents is 1. The summed E-state index contributed by atoms with van der Waals surface area (Å²) in [6.45, 7) is 0.873. The van der Waals surface area contributed by atoms with Crippen LogP contribution in [0.2, 0.25) is 0 Å². The predicted octanol–water partition coefficient (Wildman–Crippen LogP) is 0.737. The minimum absolute atomic E-state index is 0.0943. The van der Waals surface area contributed by atoms with Crippen LogP contribution in [0, 0.1) is 10.1 Å². The Morgan fingerprint density at radius 3 is 2.36 bits per heavy atom. The van der Waals surface area contributed by atoms with Crippen molar-refractivity contribution in [2.75, 3.05) is 18.5 Å². The number of aromatic nitrogens is 4. The Balaban J connectivity index is 1.47. The van der Waals surface area contributed by atoms with Gasteiger partial charge < -0.3 is 5.32 Å². The topological polar surface area (TPSA) is 158 Å². The number of amides is 1. The predicted molar refractivity (Wildman–Crippen MR) is 133 cm³/mol. The Bertz CT molecular complexity index is 1540. The van der Waals surface area contributed by atoms with Crippen LogP contribution in [-0.4, -0.2) is 42.6 Å². The fourth-order valence-electron chi connectivity index (χ4n) is 3.68. The molecule has 3 N–H and O–H groups in total. The molecule has 0 aliphatic carbocycles. The van der Waals surface area contributed by atoms with Gasteiger partial charge in [-0.3, -0.25) is 38.8 Å². The van der Waals surface area contributed by atoms with Gasteiger partial charge >= 0.3 is 5.69 Å². The molecule has 4 aromatic rings. The summed E-state index contributed by atoms with van der Waals surface area (Å²) in [5, 5.41) is 13.5. The molecule has 36 heavy (non-hydrogen) atoms. The highest BCUT2D eigenvalue weighted by Gasteiger charge is 2.19. The highest BCUT2D eigenvalue weighted by Crippen LogP contribution is 2.17. The number of nitrogens with one attached hydrogen (secondary N) is 3. The maximum atomic E-state index is 12.9. The van der Waals surface area contributed by atoms with Crippen LogP contribution in [0.1, 0.15) is 15.9 Å². The van der Waals surface area contributed by atoms with E-state index in [1.54, 1.807) is 11.6 Å². The summed E-state index contributed by atoms with van der Waals surface area (Å²) < 4.78 is 4.04. The Labute approximate surface area is 204 Å². The number of nitro groups is 1. The summed E-state index contributed by atoms with van der Waals surface area (Å²) in [4.78, 5) is 52.2. The van der Waals surface area contributed by atoms with E-state index in [2.05, 4.69) is 21.2 Å². The van der Waals surface area contributed by atoms with E-state index >= 15 is 0 Å². The van der Waals surface area contributed by atoms with Crippen LogP contribution < -0.4 is 27.4 Å². The maximum Gasteiger partial charge on any atom is 0.332 e. The molecule has 0 aliphatic rings. The van der Waals surface area contributed by atoms with E-state index in [0.29, 0.717) is 24.6 Å². The van der Waals surface area contributed by atoms with Crippen LogP contribution in [-0.2, 0) is 20.6 Å². The van der Waals surface area contributed by atoms with Gasteiger partial charge in [-0.25, -0.2) is 10.2 Å². The number of carbonyl (C=O) groups excluding carboxylic acids is 1. The zero-order valence-electron chi connectivity index (χ0n) is 19.6. The van der Waals surface area contributed by atoms with Crippen molar-refractivity contribution in [2.45, 2.75) is 6.54 Å². The second-order valence-electron chi connectivity index (χ2n) is 8.00. The van der Waals surface area contributed by atoms with Crippen molar-refractivity contribution in [3.8, 4) is 0 Å². The van der Waals surface area contributed by atoms with Crippen molar-refractivity contribution < 1.29 is 9.72 Å². The number of nitrogens with zero attached hydrogens (tertiary/aromatic N) is 5. The first-order valence-corrected chi connectivity index (χ1v) is 11.0. The molecule has 0 radical (unpaired) electrons. The fourth-order valence-corrected chi connectivity index (χ4v) is 3.68. The maximum absolute atomic E-state index is 12.9. The first kappa shape index (κ1) is 24.3. The number of hydrogen-bond acceptors (Lipinski definition) is 8. The summed E-state index contributed by atoms with van der Waals surface area (Å²) in [7, 11) is 2.97. The largest absolute Gasteiger partial charge is 0.351 e. The second-order valence-corrected chi connectivity index (χ2v) is 8.00. The lowest BCUT2D eigenvalue weighted by atomic mass is 10.2. The van der Waals surface area contributed by atoms with Gasteiger partial charge in [-0.05, 0) is 17.7 Å². The van der Waals surface area contributed by atoms with Gasteiger partial charge in [0.15, 0.2) is 11.2 Å². The molecule has 2 aromatic heterocycles. The van der Waals surface area contributed by atoms with E-state index < -0.39 is 16.2 Å². The number of aryl methyl sites for hydroxylation is 1. The molecule has 0 fully saturated rings. The quantitative estimate of drug-likeness (QED) is 0.175. The van der Waals surface area contributed by atoms with Crippen molar-refractivity contribution in [3.05, 3.63) is 96.7 Å². The molecule has 13 nitrogen and oxygen atoms in total. The van der Waals surface area contributed by atoms with Crippen molar-refractivity contribution in [1.29, 1.82) is 0 Å². The van der Waals surface area contributed by atoms with Crippen molar-refractivity contribution in [1.82, 2.24) is 29.4 Å². The Hall–Kier alpha value is -4.78. The second kappa shape index (κ2) is 10.2. The molecule has 2 heterocycles. The molecule has 4 rings (SSSR count). The van der Waals surface area contributed by atoms with E-state index in [1.165, 1.54) is 35.9 Å². The number of nitro benzene ring substituents is 1. The van der Waals surface area contributed by atoms with Crippen LogP contribution in [0.3, 0.4) is 0 Å². The summed E-state index contributed by atoms with van der Waals surface area (Å²) in [5.41, 5.74) is 6.64. The molecule has 0 atom stereocenters. The monoisotopic (exact) mass is 492 g/mol. The van der Waals surface area contributed by atoms with Gasteiger partial charge in [0.1, 0.15) is 0 Å². The SMILES string of the molecule is Cn1c(=O)c2c(nc(NNCCNC(=O)c3ccc([N+](=O)[O-])cc3)n2Cc2ccccc2)n(C)c1=O. The number of fused-ring (bicyclic) bond motifs is 1. The first-order chi connectivity index (χ1) is 17.3. The average molecular weight is 492 g/mol. The molecule has 0 saturated heterocycles. The molecule has 0 saturated carbocycles. The summed E-state index contributed by atoms with van der Waals surface area (Å²) in [5.74, 6) is -0.0460. The van der Waals surface area contributed by atoms with Gasteiger partial charge in [0, 0.05) is 44.9 Å². The van der Waals surface area contributed by atoms with Crippen LogP contribution in [0.4, 0.5) is 11.6 Å². The fraction of sp³-hybridized carbons (Fsp3) is 0.217. The smallest absolute Gasteiger partial charge is 0.332 e. The Morgan fingerprint density at radius 1 is 1.00 bits per heavy atom. The van der Waals surface area contributed by atoms with E-state index in [1.807, 2.05) is 30.3 Å². The average Bonchev–Trinajstić information content (AvgIpc) is 3.24. The lowest BCUT2D eigenvalue weighted by molar-refractivity contribution is -0.384. The van der Waals surface area contributed by atoms with E-state index in [0.717, 1.165) is 10.1 Å². The first-order valence-electron chi connectivity index (χ1n) is 11.0. The molecular formula is C23H24N8O5. The number of anilines is 1. The van der Waals surface area contributed by atoms with E-state index in [9.17, 15) is 24.5 Å². The lowest BCUT2D eigenvalue weighted by Crippen LogP contribution is -2.37. The number of carbonyl (C=O) groups is 1. The highest BCUT2D eigenvalue weighted by molar-refractivity contribution is 5.94. The summed E-state index contributed by atoms with van der Waals surface area (Å²) in [6, 6.07) is 14.8. The van der Waals surface area contributed by atoms with Gasteiger partial charge in [-0.15, -0.1) is 0 Å². The highest BCUT2D eigenvalue weighted by atomic mass is 16.6. The van der Waals surface area contributed by atoms with Crippen molar-refractivity contribution in [3.63, 3.8) is 0 Å². The normalized spacial score (nSPS) is 10.9. The third-order valence-electron chi connectivity index (χ3n) is 5.61. The van der Waals surface area contributed by atoms with E-state index in [4.69, 9.17) is 0 Å². The van der Waals surface area contributed by atoms with Crippen LogP contribution in [0.5, 0.6) is 0 Å². The van der Waals surface area contributed by atoms with E-state index in [-0.39, 0.29) is 29.3 Å². The van der Waals surface area contributed by atoms with Crippen molar-refractivity contribution in [2.24, 2.45) is 14.1 Å². The molecule has 0 unspecified atom stereocenters. The number of imidazole rings is 1. The van der Waals surface area contributed by atoms with Gasteiger partial charge in [0.25, 0.3) is 17.2 Å². The Kier molecular flexibility index (Phi) is 6.92. The molecule has 2 aromatic carbocycles. The number of benzene rings is 2. The summed E-state index contributed by atoms with van der Waals surface area (Å²) >= 11 is 0. The van der Waals surface area contributed by atoms with Gasteiger partial charge in [-0.2, -0.15) is 4.98 Å². The number of rotatable bonds is 9. The van der Waals surface area contributed by atoms with Crippen molar-refractivity contribution >= 4 is 28.7 Å². The molecule has 0 spiro atoms. The zero-order valence-corrected chi connectivity index (χ0v) is 19.6. The van der Waals surface area contributed by atoms with Gasteiger partial charge in [-0.1, -0.05) is 30.3 Å². The molecule has 0 aliphatic heterocycles. The molecule has 13 heteroatoms. The summed E-state index contributed by atoms with van der Waals surface area (Å²) in [6.07, 6.45) is 0. The molecule has 186 valence electrons. The lowest BCUT2D eigenvalue weighted by Gasteiger charge is -2.12.